The number of allylic oxidation sites excluding steroid dienone is 1. The molecule has 2 rings (SSSR count). The third-order valence-corrected chi connectivity index (χ3v) is 4.41. The summed E-state index contributed by atoms with van der Waals surface area (Å²) in [5, 5.41) is 0. The van der Waals surface area contributed by atoms with Crippen LogP contribution in [0, 0.1) is 0 Å². The summed E-state index contributed by atoms with van der Waals surface area (Å²) in [6.45, 7) is 11.8. The number of esters is 1. The van der Waals surface area contributed by atoms with Crippen LogP contribution in [0.3, 0.4) is 0 Å². The van der Waals surface area contributed by atoms with Gasteiger partial charge in [-0.15, -0.1) is 6.58 Å². The lowest BCUT2D eigenvalue weighted by Gasteiger charge is -2.31. The lowest BCUT2D eigenvalue weighted by molar-refractivity contribution is -0.154. The third-order valence-electron chi connectivity index (χ3n) is 4.41. The highest BCUT2D eigenvalue weighted by molar-refractivity contribution is 6.06. The number of amides is 1. The molecule has 5 nitrogen and oxygen atoms in total. The summed E-state index contributed by atoms with van der Waals surface area (Å²) in [4.78, 5) is 26.7. The van der Waals surface area contributed by atoms with Gasteiger partial charge in [0.2, 0.25) is 0 Å². The van der Waals surface area contributed by atoms with Crippen LogP contribution in [0.15, 0.2) is 23.8 Å². The molecule has 0 spiro atoms. The fourth-order valence-electron chi connectivity index (χ4n) is 3.21. The van der Waals surface area contributed by atoms with Gasteiger partial charge < -0.3 is 9.47 Å². The molecule has 0 bridgehead atoms. The molecule has 1 saturated heterocycles. The van der Waals surface area contributed by atoms with Crippen molar-refractivity contribution in [3.8, 4) is 0 Å². The first-order chi connectivity index (χ1) is 11.0. The molecule has 2 atom stereocenters. The van der Waals surface area contributed by atoms with E-state index >= 15 is 0 Å². The molecule has 2 aliphatic heterocycles. The normalized spacial score (nSPS) is 25.9. The van der Waals surface area contributed by atoms with Crippen LogP contribution in [0.4, 0.5) is 0 Å². The average molecular weight is 323 g/mol. The van der Waals surface area contributed by atoms with Crippen LogP contribution < -0.4 is 0 Å². The largest absolute Gasteiger partial charge is 0.467 e. The zero-order chi connectivity index (χ0) is 17.6. The molecule has 1 fully saturated rings. The van der Waals surface area contributed by atoms with Gasteiger partial charge in [0.1, 0.15) is 6.23 Å². The molecule has 0 saturated carbocycles. The second-order valence-corrected chi connectivity index (χ2v) is 5.53. The van der Waals surface area contributed by atoms with Crippen molar-refractivity contribution in [1.82, 2.24) is 4.90 Å². The number of unbranched alkanes of at least 4 members (excludes halogenated alkanes) is 1. The van der Waals surface area contributed by atoms with Crippen molar-refractivity contribution in [3.05, 3.63) is 23.8 Å². The lowest BCUT2D eigenvalue weighted by Crippen LogP contribution is -2.54. The summed E-state index contributed by atoms with van der Waals surface area (Å²) in [6.07, 6.45) is 4.48. The highest BCUT2D eigenvalue weighted by Crippen LogP contribution is 2.44. The maximum Gasteiger partial charge on any atom is 0.338 e. The summed E-state index contributed by atoms with van der Waals surface area (Å²) < 4.78 is 10.7. The molecule has 0 aromatic heterocycles. The van der Waals surface area contributed by atoms with Gasteiger partial charge in [0, 0.05) is 5.57 Å². The molecule has 0 unspecified atom stereocenters. The monoisotopic (exact) mass is 323 g/mol. The number of rotatable bonds is 6. The minimum absolute atomic E-state index is 0.128. The Morgan fingerprint density at radius 1 is 1.52 bits per heavy atom. The fourth-order valence-corrected chi connectivity index (χ4v) is 3.21. The number of ether oxygens (including phenoxy) is 2. The zero-order valence-electron chi connectivity index (χ0n) is 15.0. The molecule has 23 heavy (non-hydrogen) atoms. The van der Waals surface area contributed by atoms with Crippen LogP contribution in [0.5, 0.6) is 0 Å². The Hall–Kier alpha value is -1.62. The van der Waals surface area contributed by atoms with Crippen LogP contribution in [-0.2, 0) is 19.1 Å². The van der Waals surface area contributed by atoms with E-state index in [0.717, 1.165) is 24.8 Å². The van der Waals surface area contributed by atoms with Gasteiger partial charge in [-0.25, -0.2) is 4.79 Å². The molecule has 1 amide bonds. The average Bonchev–Trinajstić information content (AvgIpc) is 3.06. The van der Waals surface area contributed by atoms with Crippen molar-refractivity contribution in [2.75, 3.05) is 13.7 Å². The van der Waals surface area contributed by atoms with E-state index in [-0.39, 0.29) is 18.7 Å². The number of carbonyl (C=O) groups is 2. The maximum atomic E-state index is 12.7. The molecular formula is C18H29NO4. The number of carbonyl (C=O) groups excluding carboxylic acids is 2. The number of fused-ring (bicyclic) bond motifs is 1. The van der Waals surface area contributed by atoms with Crippen LogP contribution >= 0.6 is 0 Å². The van der Waals surface area contributed by atoms with E-state index in [1.165, 1.54) is 7.11 Å². The van der Waals surface area contributed by atoms with Crippen LogP contribution in [-0.4, -0.2) is 42.3 Å². The van der Waals surface area contributed by atoms with E-state index in [0.29, 0.717) is 12.0 Å². The molecule has 130 valence electrons. The predicted octanol–water partition coefficient (Wildman–Crippen LogP) is 3.21. The summed E-state index contributed by atoms with van der Waals surface area (Å²) in [5.41, 5.74) is 0.293. The second-order valence-electron chi connectivity index (χ2n) is 5.53. The van der Waals surface area contributed by atoms with Crippen molar-refractivity contribution >= 4 is 11.9 Å². The molecular weight excluding hydrogens is 294 g/mol. The number of methoxy groups -OCH3 is 1. The minimum Gasteiger partial charge on any atom is -0.467 e. The van der Waals surface area contributed by atoms with Gasteiger partial charge in [0.15, 0.2) is 5.54 Å². The first-order valence-electron chi connectivity index (χ1n) is 8.39. The van der Waals surface area contributed by atoms with Gasteiger partial charge in [-0.1, -0.05) is 33.3 Å². The second kappa shape index (κ2) is 8.29. The Kier molecular flexibility index (Phi) is 7.01. The topological polar surface area (TPSA) is 55.8 Å². The molecule has 2 aliphatic rings. The first-order valence-corrected chi connectivity index (χ1v) is 8.39. The zero-order valence-corrected chi connectivity index (χ0v) is 15.0. The summed E-state index contributed by atoms with van der Waals surface area (Å²) >= 11 is 0. The van der Waals surface area contributed by atoms with Gasteiger partial charge >= 0.3 is 5.97 Å². The number of hydrogen-bond acceptors (Lipinski definition) is 4. The minimum atomic E-state index is -1.08. The Morgan fingerprint density at radius 2 is 2.17 bits per heavy atom. The van der Waals surface area contributed by atoms with E-state index in [1.807, 2.05) is 20.8 Å². The van der Waals surface area contributed by atoms with Crippen LogP contribution in [0.2, 0.25) is 0 Å². The van der Waals surface area contributed by atoms with Gasteiger partial charge in [0.25, 0.3) is 5.91 Å². The van der Waals surface area contributed by atoms with Crippen molar-refractivity contribution in [1.29, 1.82) is 0 Å². The molecule has 5 heteroatoms. The van der Waals surface area contributed by atoms with E-state index in [9.17, 15) is 9.59 Å². The number of nitrogens with zero attached hydrogens (tertiary/aromatic N) is 1. The van der Waals surface area contributed by atoms with Crippen molar-refractivity contribution in [3.63, 3.8) is 0 Å². The predicted molar refractivity (Wildman–Crippen MR) is 89.7 cm³/mol. The van der Waals surface area contributed by atoms with E-state index < -0.39 is 11.5 Å². The summed E-state index contributed by atoms with van der Waals surface area (Å²) in [7, 11) is 1.35. The van der Waals surface area contributed by atoms with Crippen molar-refractivity contribution < 1.29 is 19.1 Å². The first kappa shape index (κ1) is 19.4. The molecule has 0 radical (unpaired) electrons. The van der Waals surface area contributed by atoms with Crippen molar-refractivity contribution in [2.45, 2.75) is 65.1 Å². The van der Waals surface area contributed by atoms with Gasteiger partial charge in [0.05, 0.1) is 13.7 Å². The van der Waals surface area contributed by atoms with E-state index in [1.54, 1.807) is 11.0 Å². The Labute approximate surface area is 139 Å². The van der Waals surface area contributed by atoms with Gasteiger partial charge in [-0.2, -0.15) is 0 Å². The van der Waals surface area contributed by atoms with E-state index in [2.05, 4.69) is 13.5 Å². The molecule has 0 aliphatic carbocycles. The van der Waals surface area contributed by atoms with Crippen molar-refractivity contribution in [2.24, 2.45) is 0 Å². The SMILES string of the molecule is C=CCC1=C(C)[C@@]2(C(=O)OC)CO[C@H](CCCC)N2C1=O.CC. The van der Waals surface area contributed by atoms with E-state index in [4.69, 9.17) is 9.47 Å². The maximum absolute atomic E-state index is 12.7. The Bertz CT molecular complexity index is 497. The smallest absolute Gasteiger partial charge is 0.338 e. The Balaban J connectivity index is 0.00000127. The van der Waals surface area contributed by atoms with Crippen LogP contribution in [0.25, 0.3) is 0 Å². The standard InChI is InChI=1S/C16H23NO4.C2H6/c1-5-7-9-13-17-14(18)12(8-6-2)11(3)16(17,10-21-13)15(19)20-4;1-2/h6,13H,2,5,7-10H2,1,3-4H3;1-2H3/t13-,16-;/m1./s1. The summed E-state index contributed by atoms with van der Waals surface area (Å²) in [6, 6.07) is 0. The van der Waals surface area contributed by atoms with Crippen LogP contribution in [0.1, 0.15) is 53.4 Å². The molecule has 0 N–H and O–H groups in total. The summed E-state index contributed by atoms with van der Waals surface area (Å²) in [5.74, 6) is -0.553. The third kappa shape index (κ3) is 3.07. The number of hydrogen-bond donors (Lipinski definition) is 0. The molecule has 2 heterocycles. The van der Waals surface area contributed by atoms with Gasteiger partial charge in [-0.05, 0) is 31.8 Å². The fraction of sp³-hybridized carbons (Fsp3) is 0.667. The highest BCUT2D eigenvalue weighted by atomic mass is 16.5. The molecule has 0 aromatic carbocycles. The Morgan fingerprint density at radius 3 is 2.70 bits per heavy atom. The highest BCUT2D eigenvalue weighted by Gasteiger charge is 2.62. The van der Waals surface area contributed by atoms with Gasteiger partial charge in [-0.3, -0.25) is 9.69 Å². The lowest BCUT2D eigenvalue weighted by atomic mass is 9.90. The quantitative estimate of drug-likeness (QED) is 0.556. The molecule has 0 aromatic rings.